The minimum Gasteiger partial charge on any atom is -0.356 e. The maximum absolute atomic E-state index is 12.2. The van der Waals surface area contributed by atoms with Gasteiger partial charge in [-0.1, -0.05) is 30.0 Å². The monoisotopic (exact) mass is 509 g/mol. The van der Waals surface area contributed by atoms with E-state index in [1.807, 2.05) is 44.2 Å². The molecule has 3 rings (SSSR count). The van der Waals surface area contributed by atoms with E-state index in [0.29, 0.717) is 6.54 Å². The molecule has 2 aliphatic rings. The molecule has 8 heteroatoms. The molecule has 0 aliphatic carbocycles. The summed E-state index contributed by atoms with van der Waals surface area (Å²) in [7, 11) is 0. The molecule has 0 saturated carbocycles. The fraction of sp³-hybridized carbons (Fsp3) is 0.476. The van der Waals surface area contributed by atoms with Gasteiger partial charge in [0.15, 0.2) is 5.96 Å². The average Bonchev–Trinajstić information content (AvgIpc) is 2.98. The van der Waals surface area contributed by atoms with E-state index in [1.54, 1.807) is 0 Å². The number of carbonyl (C=O) groups excluding carboxylic acids is 2. The van der Waals surface area contributed by atoms with Crippen LogP contribution in [0.25, 0.3) is 0 Å². The minimum atomic E-state index is -0.820. The van der Waals surface area contributed by atoms with E-state index in [0.717, 1.165) is 44.0 Å². The molecule has 2 heterocycles. The number of amides is 3. The van der Waals surface area contributed by atoms with Gasteiger partial charge in [0.05, 0.1) is 0 Å². The zero-order valence-corrected chi connectivity index (χ0v) is 19.2. The van der Waals surface area contributed by atoms with Gasteiger partial charge in [-0.15, -0.1) is 24.0 Å². The molecule has 0 aromatic heterocycles. The van der Waals surface area contributed by atoms with Crippen molar-refractivity contribution in [1.29, 1.82) is 0 Å². The second kappa shape index (κ2) is 10.5. The van der Waals surface area contributed by atoms with E-state index >= 15 is 0 Å². The lowest BCUT2D eigenvalue weighted by molar-refractivity contribution is -0.125. The molecule has 1 aromatic rings. The van der Waals surface area contributed by atoms with Gasteiger partial charge in [-0.3, -0.25) is 10.1 Å². The molecule has 0 bridgehead atoms. The first kappa shape index (κ1) is 23.0. The number of hydrogen-bond donors (Lipinski definition) is 3. The normalized spacial score (nSPS) is 22.1. The van der Waals surface area contributed by atoms with Crippen LogP contribution in [0.2, 0.25) is 0 Å². The molecule has 0 spiro atoms. The molecule has 3 amide bonds. The first-order chi connectivity index (χ1) is 13.5. The lowest BCUT2D eigenvalue weighted by Crippen LogP contribution is -2.55. The number of imide groups is 1. The van der Waals surface area contributed by atoms with E-state index in [2.05, 4.69) is 37.7 Å². The largest absolute Gasteiger partial charge is 0.356 e. The van der Waals surface area contributed by atoms with Crippen LogP contribution in [0.1, 0.15) is 32.3 Å². The van der Waals surface area contributed by atoms with Crippen LogP contribution in [0.4, 0.5) is 4.79 Å². The van der Waals surface area contributed by atoms with Crippen molar-refractivity contribution in [3.63, 3.8) is 0 Å². The number of carbonyl (C=O) groups is 2. The van der Waals surface area contributed by atoms with Crippen LogP contribution in [0.5, 0.6) is 0 Å². The van der Waals surface area contributed by atoms with Gasteiger partial charge in [-0.2, -0.15) is 0 Å². The second-order valence-corrected chi connectivity index (χ2v) is 7.21. The van der Waals surface area contributed by atoms with Crippen LogP contribution < -0.4 is 16.0 Å². The quantitative estimate of drug-likeness (QED) is 0.191. The van der Waals surface area contributed by atoms with Crippen molar-refractivity contribution >= 4 is 41.9 Å². The number of aliphatic imine (C=N–C) groups is 1. The zero-order chi connectivity index (χ0) is 20.0. The fourth-order valence-corrected chi connectivity index (χ4v) is 3.72. The van der Waals surface area contributed by atoms with Crippen molar-refractivity contribution in [3.05, 3.63) is 35.9 Å². The third-order valence-corrected chi connectivity index (χ3v) is 5.33. The Morgan fingerprint density at radius 1 is 1.28 bits per heavy atom. The molecular weight excluding hydrogens is 481 g/mol. The summed E-state index contributed by atoms with van der Waals surface area (Å²) in [5.74, 6) is 6.93. The van der Waals surface area contributed by atoms with Crippen LogP contribution in [0.15, 0.2) is 35.3 Å². The van der Waals surface area contributed by atoms with Crippen molar-refractivity contribution in [2.75, 3.05) is 26.2 Å². The van der Waals surface area contributed by atoms with Crippen LogP contribution in [-0.4, -0.2) is 54.5 Å². The Balaban J connectivity index is 0.00000300. The van der Waals surface area contributed by atoms with Gasteiger partial charge < -0.3 is 15.5 Å². The second-order valence-electron chi connectivity index (χ2n) is 7.21. The molecule has 3 N–H and O–H groups in total. The van der Waals surface area contributed by atoms with Crippen LogP contribution in [0.3, 0.4) is 0 Å². The summed E-state index contributed by atoms with van der Waals surface area (Å²) >= 11 is 0. The zero-order valence-electron chi connectivity index (χ0n) is 16.8. The van der Waals surface area contributed by atoms with Gasteiger partial charge in [0, 0.05) is 25.2 Å². The summed E-state index contributed by atoms with van der Waals surface area (Å²) in [6, 6.07) is 9.46. The summed E-state index contributed by atoms with van der Waals surface area (Å²) < 4.78 is 0. The third-order valence-electron chi connectivity index (χ3n) is 5.33. The van der Waals surface area contributed by atoms with Crippen molar-refractivity contribution in [1.82, 2.24) is 20.9 Å². The summed E-state index contributed by atoms with van der Waals surface area (Å²) in [5, 5.41) is 8.47. The number of urea groups is 1. The molecule has 156 valence electrons. The maximum atomic E-state index is 12.2. The van der Waals surface area contributed by atoms with E-state index in [4.69, 9.17) is 0 Å². The maximum Gasteiger partial charge on any atom is 0.322 e. The van der Waals surface area contributed by atoms with Crippen molar-refractivity contribution in [3.8, 4) is 11.8 Å². The summed E-state index contributed by atoms with van der Waals surface area (Å²) in [6.45, 7) is 6.61. The average molecular weight is 509 g/mol. The van der Waals surface area contributed by atoms with Gasteiger partial charge in [0.1, 0.15) is 12.1 Å². The van der Waals surface area contributed by atoms with Crippen molar-refractivity contribution in [2.24, 2.45) is 10.9 Å². The Labute approximate surface area is 189 Å². The molecule has 2 aliphatic heterocycles. The number of rotatable bonds is 3. The molecule has 0 radical (unpaired) electrons. The van der Waals surface area contributed by atoms with Gasteiger partial charge in [-0.25, -0.2) is 9.79 Å². The van der Waals surface area contributed by atoms with Gasteiger partial charge in [-0.05, 0) is 44.7 Å². The lowest BCUT2D eigenvalue weighted by Gasteiger charge is -2.39. The highest BCUT2D eigenvalue weighted by Crippen LogP contribution is 2.30. The molecule has 1 atom stereocenters. The molecule has 29 heavy (non-hydrogen) atoms. The molecular formula is C21H28IN5O2. The van der Waals surface area contributed by atoms with Gasteiger partial charge in [0.2, 0.25) is 0 Å². The molecule has 7 nitrogen and oxygen atoms in total. The SMILES string of the molecule is CCNC(=NCC#Cc1ccccc1)N1CCC(C2(C)NC(=O)NC2=O)CC1.I. The van der Waals surface area contributed by atoms with Crippen LogP contribution in [-0.2, 0) is 4.79 Å². The van der Waals surface area contributed by atoms with Crippen LogP contribution >= 0.6 is 24.0 Å². The summed E-state index contributed by atoms with van der Waals surface area (Å²) in [4.78, 5) is 30.5. The highest BCUT2D eigenvalue weighted by Gasteiger charge is 2.48. The molecule has 1 aromatic carbocycles. The van der Waals surface area contributed by atoms with E-state index < -0.39 is 11.6 Å². The highest BCUT2D eigenvalue weighted by atomic mass is 127. The Bertz CT molecular complexity index is 809. The van der Waals surface area contributed by atoms with E-state index in [9.17, 15) is 9.59 Å². The number of benzene rings is 1. The number of hydrogen-bond acceptors (Lipinski definition) is 3. The lowest BCUT2D eigenvalue weighted by atomic mass is 9.79. The standard InChI is InChI=1S/C21H27N5O2.HI/c1-3-22-19(23-13-7-10-16-8-5-4-6-9-16)26-14-11-17(12-15-26)21(2)18(27)24-20(28)25-21;/h4-6,8-9,17H,3,11-15H2,1-2H3,(H,22,23)(H2,24,25,27,28);1H. The summed E-state index contributed by atoms with van der Waals surface area (Å²) in [5.41, 5.74) is 0.161. The first-order valence-corrected chi connectivity index (χ1v) is 9.73. The summed E-state index contributed by atoms with van der Waals surface area (Å²) in [6.07, 6.45) is 1.62. The Morgan fingerprint density at radius 2 is 1.97 bits per heavy atom. The number of halogens is 1. The fourth-order valence-electron chi connectivity index (χ4n) is 3.72. The number of nitrogens with zero attached hydrogens (tertiary/aromatic N) is 2. The predicted molar refractivity (Wildman–Crippen MR) is 124 cm³/mol. The smallest absolute Gasteiger partial charge is 0.322 e. The Hall–Kier alpha value is -2.28. The number of piperidine rings is 1. The van der Waals surface area contributed by atoms with Crippen LogP contribution in [0, 0.1) is 17.8 Å². The predicted octanol–water partition coefficient (Wildman–Crippen LogP) is 1.93. The minimum absolute atomic E-state index is 0. The van der Waals surface area contributed by atoms with E-state index in [1.165, 1.54) is 0 Å². The number of nitrogens with one attached hydrogen (secondary N) is 3. The molecule has 2 fully saturated rings. The highest BCUT2D eigenvalue weighted by molar-refractivity contribution is 14.0. The molecule has 1 unspecified atom stereocenters. The first-order valence-electron chi connectivity index (χ1n) is 9.73. The van der Waals surface area contributed by atoms with E-state index in [-0.39, 0.29) is 35.8 Å². The van der Waals surface area contributed by atoms with Crippen molar-refractivity contribution in [2.45, 2.75) is 32.2 Å². The Kier molecular flexibility index (Phi) is 8.32. The third kappa shape index (κ3) is 5.63. The van der Waals surface area contributed by atoms with Gasteiger partial charge >= 0.3 is 6.03 Å². The molecule has 2 saturated heterocycles. The van der Waals surface area contributed by atoms with Gasteiger partial charge in [0.25, 0.3) is 5.91 Å². The number of guanidine groups is 1. The number of likely N-dealkylation sites (tertiary alicyclic amines) is 1. The Morgan fingerprint density at radius 3 is 2.55 bits per heavy atom. The topological polar surface area (TPSA) is 85.8 Å². The van der Waals surface area contributed by atoms with Crippen molar-refractivity contribution < 1.29 is 9.59 Å².